The number of benzene rings is 8. The van der Waals surface area contributed by atoms with E-state index in [2.05, 4.69) is 180 Å². The molecule has 0 aliphatic rings. The van der Waals surface area contributed by atoms with Crippen molar-refractivity contribution in [1.29, 1.82) is 0 Å². The second-order valence-electron chi connectivity index (χ2n) is 11.7. The lowest BCUT2D eigenvalue weighted by Crippen LogP contribution is -1.96. The fraction of sp³-hybridized carbons (Fsp3) is 0. The van der Waals surface area contributed by atoms with E-state index in [0.717, 1.165) is 0 Å². The highest BCUT2D eigenvalue weighted by atomic mass is 15.0. The molecule has 0 amide bonds. The van der Waals surface area contributed by atoms with Gasteiger partial charge in [-0.1, -0.05) is 146 Å². The topological polar surface area (TPSA) is 4.93 Å². The van der Waals surface area contributed by atoms with Crippen molar-refractivity contribution in [2.24, 2.45) is 0 Å². The highest BCUT2D eigenvalue weighted by Crippen LogP contribution is 2.41. The van der Waals surface area contributed by atoms with Crippen molar-refractivity contribution >= 4 is 43.4 Å². The Morgan fingerprint density at radius 2 is 0.800 bits per heavy atom. The Hall–Kier alpha value is -5.92. The molecule has 1 aromatic heterocycles. The van der Waals surface area contributed by atoms with Gasteiger partial charge in [-0.15, -0.1) is 0 Å². The molecule has 0 aliphatic carbocycles. The van der Waals surface area contributed by atoms with Crippen LogP contribution in [0.15, 0.2) is 176 Å². The van der Waals surface area contributed by atoms with Crippen LogP contribution in [0.1, 0.15) is 0 Å². The van der Waals surface area contributed by atoms with Gasteiger partial charge in [-0.3, -0.25) is 0 Å². The maximum absolute atomic E-state index is 2.46. The van der Waals surface area contributed by atoms with Gasteiger partial charge in [0.15, 0.2) is 0 Å². The molecule has 8 aromatic carbocycles. The third-order valence-electron chi connectivity index (χ3n) is 9.20. The molecule has 0 bridgehead atoms. The van der Waals surface area contributed by atoms with Crippen LogP contribution in [-0.4, -0.2) is 4.57 Å². The minimum absolute atomic E-state index is 1.19. The molecule has 1 nitrogen and oxygen atoms in total. The number of nitrogens with zero attached hydrogens (tertiary/aromatic N) is 1. The van der Waals surface area contributed by atoms with Gasteiger partial charge in [0.25, 0.3) is 0 Å². The fourth-order valence-corrected chi connectivity index (χ4v) is 7.08. The zero-order valence-corrected chi connectivity index (χ0v) is 24.7. The Balaban J connectivity index is 1.33. The second kappa shape index (κ2) is 10.4. The van der Waals surface area contributed by atoms with Gasteiger partial charge in [-0.2, -0.15) is 0 Å². The summed E-state index contributed by atoms with van der Waals surface area (Å²) >= 11 is 0. The summed E-state index contributed by atoms with van der Waals surface area (Å²) in [7, 11) is 0. The zero-order chi connectivity index (χ0) is 29.7. The summed E-state index contributed by atoms with van der Waals surface area (Å²) in [4.78, 5) is 0. The largest absolute Gasteiger partial charge is 0.309 e. The molecule has 0 saturated carbocycles. The van der Waals surface area contributed by atoms with E-state index in [1.165, 1.54) is 82.4 Å². The fourth-order valence-electron chi connectivity index (χ4n) is 7.08. The average Bonchev–Trinajstić information content (AvgIpc) is 3.44. The molecule has 0 atom stereocenters. The summed E-state index contributed by atoms with van der Waals surface area (Å²) in [5.41, 5.74) is 11.0. The minimum Gasteiger partial charge on any atom is -0.309 e. The van der Waals surface area contributed by atoms with Crippen LogP contribution in [0.5, 0.6) is 0 Å². The van der Waals surface area contributed by atoms with E-state index in [1.54, 1.807) is 0 Å². The molecule has 0 fully saturated rings. The highest BCUT2D eigenvalue weighted by molar-refractivity contribution is 6.14. The van der Waals surface area contributed by atoms with Crippen LogP contribution in [0, 0.1) is 0 Å². The molecule has 0 N–H and O–H groups in total. The highest BCUT2D eigenvalue weighted by Gasteiger charge is 2.18. The van der Waals surface area contributed by atoms with Crippen molar-refractivity contribution in [2.75, 3.05) is 0 Å². The Morgan fingerprint density at radius 1 is 0.289 bits per heavy atom. The monoisotopic (exact) mass is 571 g/mol. The van der Waals surface area contributed by atoms with Crippen LogP contribution in [0.3, 0.4) is 0 Å². The van der Waals surface area contributed by atoms with Crippen LogP contribution in [0.25, 0.3) is 82.4 Å². The number of fused-ring (bicyclic) bond motifs is 5. The Kier molecular flexibility index (Phi) is 5.89. The number of aromatic nitrogens is 1. The van der Waals surface area contributed by atoms with Crippen molar-refractivity contribution in [1.82, 2.24) is 4.57 Å². The molecule has 9 rings (SSSR count). The first kappa shape index (κ1) is 25.6. The standard InChI is InChI=1S/C44H29N/c1-3-12-30(13-4-1)33-22-25-43-40(28-33)41-29-34(31-14-5-2-6-15-31)23-26-44(41)45(43)42-27-24-38(37-19-9-10-20-39(37)42)36-21-11-17-32-16-7-8-18-35(32)36/h1-29H. The SMILES string of the molecule is c1ccc(-c2ccc3c(c2)c2cc(-c4ccccc4)ccc2n3-c2ccc(-c3cccc4ccccc34)c3ccccc23)cc1. The molecule has 1 heterocycles. The summed E-state index contributed by atoms with van der Waals surface area (Å²) in [6, 6.07) is 64.0. The van der Waals surface area contributed by atoms with Crippen molar-refractivity contribution in [3.05, 3.63) is 176 Å². The molecule has 210 valence electrons. The summed E-state index contributed by atoms with van der Waals surface area (Å²) in [5.74, 6) is 0. The van der Waals surface area contributed by atoms with E-state index in [-0.39, 0.29) is 0 Å². The van der Waals surface area contributed by atoms with Crippen LogP contribution >= 0.6 is 0 Å². The van der Waals surface area contributed by atoms with Gasteiger partial charge in [0.2, 0.25) is 0 Å². The van der Waals surface area contributed by atoms with E-state index >= 15 is 0 Å². The molecule has 0 saturated heterocycles. The minimum atomic E-state index is 1.19. The number of hydrogen-bond donors (Lipinski definition) is 0. The van der Waals surface area contributed by atoms with Gasteiger partial charge >= 0.3 is 0 Å². The predicted octanol–water partition coefficient (Wildman–Crippen LogP) is 12.1. The molecular weight excluding hydrogens is 542 g/mol. The van der Waals surface area contributed by atoms with Gasteiger partial charge in [0, 0.05) is 16.2 Å². The molecule has 45 heavy (non-hydrogen) atoms. The Morgan fingerprint density at radius 3 is 1.44 bits per heavy atom. The zero-order valence-electron chi connectivity index (χ0n) is 24.7. The van der Waals surface area contributed by atoms with Crippen LogP contribution in [-0.2, 0) is 0 Å². The maximum atomic E-state index is 2.46. The van der Waals surface area contributed by atoms with Gasteiger partial charge in [0.05, 0.1) is 16.7 Å². The molecule has 0 spiro atoms. The van der Waals surface area contributed by atoms with E-state index in [9.17, 15) is 0 Å². The van der Waals surface area contributed by atoms with E-state index in [1.807, 2.05) is 0 Å². The normalized spacial score (nSPS) is 11.6. The van der Waals surface area contributed by atoms with Crippen molar-refractivity contribution in [3.63, 3.8) is 0 Å². The summed E-state index contributed by atoms with van der Waals surface area (Å²) in [6.45, 7) is 0. The molecule has 9 aromatic rings. The maximum Gasteiger partial charge on any atom is 0.0541 e. The van der Waals surface area contributed by atoms with Crippen LogP contribution in [0.4, 0.5) is 0 Å². The smallest absolute Gasteiger partial charge is 0.0541 e. The average molecular weight is 572 g/mol. The molecule has 1 heteroatoms. The van der Waals surface area contributed by atoms with Crippen molar-refractivity contribution in [3.8, 4) is 39.1 Å². The quantitative estimate of drug-likeness (QED) is 0.198. The summed E-state index contributed by atoms with van der Waals surface area (Å²) in [6.07, 6.45) is 0. The first-order valence-electron chi connectivity index (χ1n) is 15.5. The number of rotatable bonds is 4. The van der Waals surface area contributed by atoms with Crippen molar-refractivity contribution in [2.45, 2.75) is 0 Å². The third-order valence-corrected chi connectivity index (χ3v) is 9.20. The first-order valence-corrected chi connectivity index (χ1v) is 15.5. The summed E-state index contributed by atoms with van der Waals surface area (Å²) < 4.78 is 2.46. The lowest BCUT2D eigenvalue weighted by atomic mass is 9.93. The molecule has 0 unspecified atom stereocenters. The second-order valence-corrected chi connectivity index (χ2v) is 11.7. The van der Waals surface area contributed by atoms with E-state index in [4.69, 9.17) is 0 Å². The van der Waals surface area contributed by atoms with E-state index < -0.39 is 0 Å². The lowest BCUT2D eigenvalue weighted by Gasteiger charge is -2.16. The third kappa shape index (κ3) is 4.17. The number of hydrogen-bond acceptors (Lipinski definition) is 0. The van der Waals surface area contributed by atoms with Gasteiger partial charge in [-0.25, -0.2) is 0 Å². The van der Waals surface area contributed by atoms with Gasteiger partial charge in [0.1, 0.15) is 0 Å². The first-order chi connectivity index (χ1) is 22.3. The van der Waals surface area contributed by atoms with Gasteiger partial charge < -0.3 is 4.57 Å². The molecular formula is C44H29N. The molecule has 0 radical (unpaired) electrons. The van der Waals surface area contributed by atoms with Crippen molar-refractivity contribution < 1.29 is 0 Å². The van der Waals surface area contributed by atoms with Crippen LogP contribution < -0.4 is 0 Å². The van der Waals surface area contributed by atoms with E-state index in [0.29, 0.717) is 0 Å². The van der Waals surface area contributed by atoms with Crippen LogP contribution in [0.2, 0.25) is 0 Å². The Labute approximate surface area is 262 Å². The molecule has 0 aliphatic heterocycles. The summed E-state index contributed by atoms with van der Waals surface area (Å²) in [5, 5.41) is 7.53. The predicted molar refractivity (Wildman–Crippen MR) is 192 cm³/mol. The Bertz CT molecular complexity index is 2420. The van der Waals surface area contributed by atoms with Gasteiger partial charge in [-0.05, 0) is 79.9 Å². The lowest BCUT2D eigenvalue weighted by molar-refractivity contribution is 1.20.